The molecule has 3 N–H and O–H groups in total. The van der Waals surface area contributed by atoms with Crippen molar-refractivity contribution in [3.05, 3.63) is 24.0 Å². The smallest absolute Gasteiger partial charge is 0.183 e. The second-order valence-electron chi connectivity index (χ2n) is 4.22. The molecule has 0 bridgehead atoms. The third-order valence-corrected chi connectivity index (χ3v) is 4.05. The maximum Gasteiger partial charge on any atom is 0.183 e. The van der Waals surface area contributed by atoms with Crippen LogP contribution in [0.1, 0.15) is 19.5 Å². The largest absolute Gasteiger partial charge is 0.389 e. The molecule has 0 unspecified atom stereocenters. The van der Waals surface area contributed by atoms with E-state index < -0.39 is 15.4 Å². The molecule has 1 aromatic rings. The highest BCUT2D eigenvalue weighted by Gasteiger charge is 2.27. The van der Waals surface area contributed by atoms with Gasteiger partial charge in [-0.1, -0.05) is 0 Å². The van der Waals surface area contributed by atoms with Crippen molar-refractivity contribution in [1.82, 2.24) is 4.98 Å². The molecule has 1 rings (SSSR count). The minimum Gasteiger partial charge on any atom is -0.389 e. The molecule has 0 atom stereocenters. The normalized spacial score (nSPS) is 12.8. The number of hydrogen-bond acceptors (Lipinski definition) is 5. The summed E-state index contributed by atoms with van der Waals surface area (Å²) >= 11 is 0. The Kier molecular flexibility index (Phi) is 3.67. The number of rotatable bonds is 4. The van der Waals surface area contributed by atoms with Crippen LogP contribution in [0.25, 0.3) is 0 Å². The Labute approximate surface area is 95.2 Å². The molecule has 0 radical (unpaired) electrons. The predicted molar refractivity (Wildman–Crippen MR) is 60.5 cm³/mol. The van der Waals surface area contributed by atoms with Crippen LogP contribution in [0.15, 0.2) is 23.2 Å². The van der Waals surface area contributed by atoms with E-state index in [2.05, 4.69) is 4.98 Å². The molecule has 0 aliphatic carbocycles. The Bertz CT molecular complexity index is 463. The SMILES string of the molecule is CC(C)(O)CS(=O)(=O)c1cccnc1CN. The van der Waals surface area contributed by atoms with Crippen LogP contribution in [-0.4, -0.2) is 29.9 Å². The average Bonchev–Trinajstić information content (AvgIpc) is 2.14. The van der Waals surface area contributed by atoms with Gasteiger partial charge in [0.05, 0.1) is 21.9 Å². The van der Waals surface area contributed by atoms with E-state index >= 15 is 0 Å². The fourth-order valence-corrected chi connectivity index (χ4v) is 3.27. The second kappa shape index (κ2) is 4.48. The second-order valence-corrected chi connectivity index (χ2v) is 6.18. The fourth-order valence-electron chi connectivity index (χ4n) is 1.40. The van der Waals surface area contributed by atoms with E-state index in [0.29, 0.717) is 5.69 Å². The van der Waals surface area contributed by atoms with E-state index in [0.717, 1.165) is 0 Å². The molecule has 0 spiro atoms. The minimum atomic E-state index is -3.55. The summed E-state index contributed by atoms with van der Waals surface area (Å²) < 4.78 is 23.9. The Hall–Kier alpha value is -0.980. The summed E-state index contributed by atoms with van der Waals surface area (Å²) in [5.41, 5.74) is 4.47. The zero-order chi connectivity index (χ0) is 12.4. The number of nitrogens with zero attached hydrogens (tertiary/aromatic N) is 1. The van der Waals surface area contributed by atoms with Crippen molar-refractivity contribution in [2.75, 3.05) is 5.75 Å². The van der Waals surface area contributed by atoms with Crippen LogP contribution in [0.3, 0.4) is 0 Å². The first kappa shape index (κ1) is 13.1. The van der Waals surface area contributed by atoms with Gasteiger partial charge in [-0.2, -0.15) is 0 Å². The van der Waals surface area contributed by atoms with Crippen molar-refractivity contribution in [2.24, 2.45) is 5.73 Å². The van der Waals surface area contributed by atoms with Gasteiger partial charge in [0.25, 0.3) is 0 Å². The molecule has 0 saturated carbocycles. The molecule has 1 heterocycles. The van der Waals surface area contributed by atoms with Crippen LogP contribution < -0.4 is 5.73 Å². The molecular weight excluding hydrogens is 228 g/mol. The maximum absolute atomic E-state index is 12.0. The molecule has 5 nitrogen and oxygen atoms in total. The first-order valence-corrected chi connectivity index (χ1v) is 6.50. The van der Waals surface area contributed by atoms with Gasteiger partial charge in [-0.15, -0.1) is 0 Å². The Morgan fingerprint density at radius 3 is 2.62 bits per heavy atom. The van der Waals surface area contributed by atoms with E-state index in [-0.39, 0.29) is 17.2 Å². The number of hydrogen-bond donors (Lipinski definition) is 2. The van der Waals surface area contributed by atoms with E-state index in [1.165, 1.54) is 32.2 Å². The Morgan fingerprint density at radius 1 is 1.50 bits per heavy atom. The topological polar surface area (TPSA) is 93.3 Å². The van der Waals surface area contributed by atoms with Gasteiger partial charge < -0.3 is 10.8 Å². The molecular formula is C10H16N2O3S. The lowest BCUT2D eigenvalue weighted by Gasteiger charge is -2.17. The van der Waals surface area contributed by atoms with Gasteiger partial charge >= 0.3 is 0 Å². The molecule has 6 heteroatoms. The van der Waals surface area contributed by atoms with Crippen molar-refractivity contribution in [1.29, 1.82) is 0 Å². The van der Waals surface area contributed by atoms with Crippen LogP contribution in [0.4, 0.5) is 0 Å². The standard InChI is InChI=1S/C10H16N2O3S/c1-10(2,13)7-16(14,15)9-4-3-5-12-8(9)6-11/h3-5,13H,6-7,11H2,1-2H3. The number of sulfone groups is 1. The summed E-state index contributed by atoms with van der Waals surface area (Å²) in [4.78, 5) is 4.00. The van der Waals surface area contributed by atoms with Gasteiger partial charge in [-0.25, -0.2) is 8.42 Å². The summed E-state index contributed by atoms with van der Waals surface area (Å²) in [5, 5.41) is 9.55. The predicted octanol–water partition coefficient (Wildman–Crippen LogP) is 0.0849. The summed E-state index contributed by atoms with van der Waals surface area (Å²) in [6, 6.07) is 2.99. The summed E-state index contributed by atoms with van der Waals surface area (Å²) in [5.74, 6) is -0.349. The summed E-state index contributed by atoms with van der Waals surface area (Å²) in [6.07, 6.45) is 1.49. The number of pyridine rings is 1. The van der Waals surface area contributed by atoms with Gasteiger partial charge in [-0.05, 0) is 26.0 Å². The molecule has 0 saturated heterocycles. The zero-order valence-electron chi connectivity index (χ0n) is 9.34. The van der Waals surface area contributed by atoms with Crippen LogP contribution in [-0.2, 0) is 16.4 Å². The monoisotopic (exact) mass is 244 g/mol. The molecule has 0 fully saturated rings. The van der Waals surface area contributed by atoms with Gasteiger partial charge in [0.15, 0.2) is 9.84 Å². The number of nitrogens with two attached hydrogens (primary N) is 1. The maximum atomic E-state index is 12.0. The highest BCUT2D eigenvalue weighted by molar-refractivity contribution is 7.91. The first-order chi connectivity index (χ1) is 7.26. The van der Waals surface area contributed by atoms with Crippen LogP contribution >= 0.6 is 0 Å². The van der Waals surface area contributed by atoms with E-state index in [1.807, 2.05) is 0 Å². The van der Waals surface area contributed by atoms with Gasteiger partial charge in [-0.3, -0.25) is 4.98 Å². The van der Waals surface area contributed by atoms with Crippen molar-refractivity contribution in [2.45, 2.75) is 30.9 Å². The van der Waals surface area contributed by atoms with Crippen molar-refractivity contribution in [3.8, 4) is 0 Å². The summed E-state index contributed by atoms with van der Waals surface area (Å²) in [7, 11) is -3.55. The molecule has 0 aliphatic rings. The lowest BCUT2D eigenvalue weighted by atomic mass is 10.2. The summed E-state index contributed by atoms with van der Waals surface area (Å²) in [6.45, 7) is 2.95. The Morgan fingerprint density at radius 2 is 2.12 bits per heavy atom. The van der Waals surface area contributed by atoms with Crippen LogP contribution in [0.5, 0.6) is 0 Å². The fraction of sp³-hybridized carbons (Fsp3) is 0.500. The van der Waals surface area contributed by atoms with Crippen LogP contribution in [0.2, 0.25) is 0 Å². The molecule has 0 aromatic carbocycles. The highest BCUT2D eigenvalue weighted by atomic mass is 32.2. The minimum absolute atomic E-state index is 0.0568. The molecule has 1 aromatic heterocycles. The van der Waals surface area contributed by atoms with Crippen LogP contribution in [0, 0.1) is 0 Å². The molecule has 90 valence electrons. The van der Waals surface area contributed by atoms with Crippen molar-refractivity contribution in [3.63, 3.8) is 0 Å². The third kappa shape index (κ3) is 3.26. The molecule has 0 aliphatic heterocycles. The third-order valence-electron chi connectivity index (χ3n) is 1.92. The zero-order valence-corrected chi connectivity index (χ0v) is 10.2. The highest BCUT2D eigenvalue weighted by Crippen LogP contribution is 2.18. The quantitative estimate of drug-likeness (QED) is 0.782. The van der Waals surface area contributed by atoms with Crippen molar-refractivity contribution < 1.29 is 13.5 Å². The van der Waals surface area contributed by atoms with Crippen molar-refractivity contribution >= 4 is 9.84 Å². The van der Waals surface area contributed by atoms with E-state index in [1.54, 1.807) is 0 Å². The first-order valence-electron chi connectivity index (χ1n) is 4.85. The van der Waals surface area contributed by atoms with Gasteiger partial charge in [0, 0.05) is 12.7 Å². The van der Waals surface area contributed by atoms with E-state index in [9.17, 15) is 13.5 Å². The lowest BCUT2D eigenvalue weighted by molar-refractivity contribution is 0.105. The van der Waals surface area contributed by atoms with E-state index in [4.69, 9.17) is 5.73 Å². The average molecular weight is 244 g/mol. The molecule has 0 amide bonds. The number of aliphatic hydroxyl groups is 1. The lowest BCUT2D eigenvalue weighted by Crippen LogP contribution is -2.30. The molecule has 16 heavy (non-hydrogen) atoms. The van der Waals surface area contributed by atoms with Gasteiger partial charge in [0.2, 0.25) is 0 Å². The van der Waals surface area contributed by atoms with Gasteiger partial charge in [0.1, 0.15) is 0 Å². The Balaban J connectivity index is 3.17. The number of aromatic nitrogens is 1.